The van der Waals surface area contributed by atoms with Gasteiger partial charge in [0.25, 0.3) is 0 Å². The summed E-state index contributed by atoms with van der Waals surface area (Å²) in [7, 11) is -2.29. The van der Waals surface area contributed by atoms with E-state index in [2.05, 4.69) is 6.58 Å². The maximum atomic E-state index is 11.3. The molecule has 0 heterocycles. The van der Waals surface area contributed by atoms with Crippen LogP contribution in [0, 0.1) is 0 Å². The minimum atomic E-state index is -2.29. The first-order chi connectivity index (χ1) is 9.97. The number of aliphatic hydroxyl groups excluding tert-OH is 1. The van der Waals surface area contributed by atoms with Crippen LogP contribution >= 0.6 is 8.03 Å². The zero-order valence-corrected chi connectivity index (χ0v) is 13.3. The molecule has 0 aromatic heterocycles. The van der Waals surface area contributed by atoms with Crippen molar-refractivity contribution in [2.45, 2.75) is 32.6 Å². The first-order valence-electron chi connectivity index (χ1n) is 6.72. The van der Waals surface area contributed by atoms with E-state index in [1.165, 1.54) is 6.92 Å². The van der Waals surface area contributed by atoms with Crippen LogP contribution in [0.5, 0.6) is 0 Å². The molecular formula is C13H23O7P. The van der Waals surface area contributed by atoms with Gasteiger partial charge in [0.1, 0.15) is 19.6 Å². The fourth-order valence-corrected chi connectivity index (χ4v) is 1.73. The Hall–Kier alpha value is -1.17. The molecule has 0 spiro atoms. The quantitative estimate of drug-likeness (QED) is 0.252. The van der Waals surface area contributed by atoms with Crippen molar-refractivity contribution < 1.29 is 33.3 Å². The monoisotopic (exact) mass is 322 g/mol. The average molecular weight is 322 g/mol. The van der Waals surface area contributed by atoms with Crippen LogP contribution < -0.4 is 0 Å². The molecule has 0 aliphatic heterocycles. The van der Waals surface area contributed by atoms with E-state index in [9.17, 15) is 14.2 Å². The van der Waals surface area contributed by atoms with Crippen molar-refractivity contribution in [3.05, 3.63) is 12.2 Å². The van der Waals surface area contributed by atoms with E-state index in [0.29, 0.717) is 25.0 Å². The van der Waals surface area contributed by atoms with Crippen molar-refractivity contribution in [3.8, 4) is 0 Å². The Balaban J connectivity index is 3.41. The standard InChI is InChI=1S/C13H23O7P/c1-11(2)13(16)19-9-8-18-12(15)6-4-3-5-7-20-21(17)10-14/h14,21H,1,3-10H2,2H3. The summed E-state index contributed by atoms with van der Waals surface area (Å²) >= 11 is 0. The van der Waals surface area contributed by atoms with E-state index < -0.39 is 20.3 Å². The zero-order chi connectivity index (χ0) is 16.1. The lowest BCUT2D eigenvalue weighted by molar-refractivity contribution is -0.150. The van der Waals surface area contributed by atoms with E-state index in [1.54, 1.807) is 0 Å². The molecule has 0 radical (unpaired) electrons. The van der Waals surface area contributed by atoms with Crippen molar-refractivity contribution in [2.75, 3.05) is 26.2 Å². The lowest BCUT2D eigenvalue weighted by Crippen LogP contribution is -2.14. The van der Waals surface area contributed by atoms with Gasteiger partial charge < -0.3 is 19.1 Å². The first kappa shape index (κ1) is 19.8. The van der Waals surface area contributed by atoms with Gasteiger partial charge in [-0.3, -0.25) is 9.36 Å². The summed E-state index contributed by atoms with van der Waals surface area (Å²) in [6.45, 7) is 5.31. The molecule has 0 fully saturated rings. The molecule has 0 bridgehead atoms. The van der Waals surface area contributed by atoms with Gasteiger partial charge in [0.2, 0.25) is 8.03 Å². The second-order valence-electron chi connectivity index (χ2n) is 4.33. The summed E-state index contributed by atoms with van der Waals surface area (Å²) in [5, 5.41) is 8.49. The van der Waals surface area contributed by atoms with E-state index in [-0.39, 0.29) is 25.6 Å². The van der Waals surface area contributed by atoms with E-state index in [1.807, 2.05) is 0 Å². The molecule has 0 rings (SSSR count). The first-order valence-corrected chi connectivity index (χ1v) is 8.24. The van der Waals surface area contributed by atoms with Gasteiger partial charge in [-0.2, -0.15) is 0 Å². The van der Waals surface area contributed by atoms with Crippen molar-refractivity contribution in [1.29, 1.82) is 0 Å². The number of unbranched alkanes of at least 4 members (excludes halogenated alkanes) is 2. The maximum Gasteiger partial charge on any atom is 0.333 e. The lowest BCUT2D eigenvalue weighted by Gasteiger charge is -2.06. The number of carbonyl (C=O) groups is 2. The number of esters is 2. The third-order valence-corrected chi connectivity index (χ3v) is 3.13. The second kappa shape index (κ2) is 12.6. The third kappa shape index (κ3) is 12.3. The fraction of sp³-hybridized carbons (Fsp3) is 0.692. The Morgan fingerprint density at radius 2 is 1.76 bits per heavy atom. The highest BCUT2D eigenvalue weighted by Crippen LogP contribution is 2.20. The summed E-state index contributed by atoms with van der Waals surface area (Å²) in [5.41, 5.74) is 0.298. The van der Waals surface area contributed by atoms with Crippen LogP contribution in [0.3, 0.4) is 0 Å². The molecular weight excluding hydrogens is 299 g/mol. The molecule has 0 aliphatic rings. The van der Waals surface area contributed by atoms with Gasteiger partial charge in [-0.25, -0.2) is 4.79 Å². The predicted octanol–water partition coefficient (Wildman–Crippen LogP) is 1.65. The number of ether oxygens (including phenoxy) is 2. The summed E-state index contributed by atoms with van der Waals surface area (Å²) in [6.07, 6.45) is 1.87. The Morgan fingerprint density at radius 3 is 2.38 bits per heavy atom. The predicted molar refractivity (Wildman–Crippen MR) is 77.2 cm³/mol. The zero-order valence-electron chi connectivity index (χ0n) is 12.3. The Kier molecular flexibility index (Phi) is 11.9. The molecule has 7 nitrogen and oxygen atoms in total. The van der Waals surface area contributed by atoms with E-state index >= 15 is 0 Å². The Labute approximate surface area is 125 Å². The Bertz CT molecular complexity index is 368. The van der Waals surface area contributed by atoms with Gasteiger partial charge in [0, 0.05) is 12.0 Å². The fourth-order valence-electron chi connectivity index (χ4n) is 1.27. The Morgan fingerprint density at radius 1 is 1.10 bits per heavy atom. The van der Waals surface area contributed by atoms with E-state index in [0.717, 1.165) is 6.42 Å². The number of rotatable bonds is 12. The van der Waals surface area contributed by atoms with Crippen molar-refractivity contribution in [2.24, 2.45) is 0 Å². The van der Waals surface area contributed by atoms with E-state index in [4.69, 9.17) is 19.1 Å². The topological polar surface area (TPSA) is 99.1 Å². The molecule has 0 amide bonds. The van der Waals surface area contributed by atoms with Gasteiger partial charge in [-0.05, 0) is 19.8 Å². The molecule has 0 aromatic rings. The summed E-state index contributed by atoms with van der Waals surface area (Å²) < 4.78 is 25.3. The normalized spacial score (nSPS) is 11.7. The van der Waals surface area contributed by atoms with Crippen LogP contribution in [0.2, 0.25) is 0 Å². The second-order valence-corrected chi connectivity index (χ2v) is 5.67. The molecule has 122 valence electrons. The summed E-state index contributed by atoms with van der Waals surface area (Å²) in [5.74, 6) is -0.862. The highest BCUT2D eigenvalue weighted by Gasteiger charge is 2.05. The largest absolute Gasteiger partial charge is 0.462 e. The molecule has 1 N–H and O–H groups in total. The van der Waals surface area contributed by atoms with Gasteiger partial charge in [-0.15, -0.1) is 0 Å². The number of aliphatic hydroxyl groups is 1. The lowest BCUT2D eigenvalue weighted by atomic mass is 10.2. The summed E-state index contributed by atoms with van der Waals surface area (Å²) in [4.78, 5) is 22.3. The molecule has 0 aliphatic carbocycles. The van der Waals surface area contributed by atoms with Crippen LogP contribution in [0.1, 0.15) is 32.6 Å². The van der Waals surface area contributed by atoms with Crippen molar-refractivity contribution >= 4 is 20.0 Å². The highest BCUT2D eigenvalue weighted by atomic mass is 31.1. The van der Waals surface area contributed by atoms with Gasteiger partial charge in [0.05, 0.1) is 6.61 Å². The van der Waals surface area contributed by atoms with Gasteiger partial charge in [0.15, 0.2) is 0 Å². The maximum absolute atomic E-state index is 11.3. The third-order valence-electron chi connectivity index (χ3n) is 2.35. The minimum Gasteiger partial charge on any atom is -0.462 e. The number of hydrogen-bond acceptors (Lipinski definition) is 7. The highest BCUT2D eigenvalue weighted by molar-refractivity contribution is 7.38. The summed E-state index contributed by atoms with van der Waals surface area (Å²) in [6, 6.07) is 0. The molecule has 1 atom stereocenters. The van der Waals surface area contributed by atoms with Crippen LogP contribution in [0.25, 0.3) is 0 Å². The SMILES string of the molecule is C=C(C)C(=O)OCCOC(=O)CCCCCO[PH](=O)CO. The van der Waals surface area contributed by atoms with Crippen molar-refractivity contribution in [1.82, 2.24) is 0 Å². The number of carbonyl (C=O) groups excluding carboxylic acids is 2. The molecule has 21 heavy (non-hydrogen) atoms. The molecule has 0 saturated carbocycles. The molecule has 0 aromatic carbocycles. The van der Waals surface area contributed by atoms with Crippen LogP contribution in [0.15, 0.2) is 12.2 Å². The van der Waals surface area contributed by atoms with Gasteiger partial charge >= 0.3 is 11.9 Å². The van der Waals surface area contributed by atoms with Gasteiger partial charge in [-0.1, -0.05) is 13.0 Å². The molecule has 1 unspecified atom stereocenters. The van der Waals surface area contributed by atoms with Crippen LogP contribution in [0.4, 0.5) is 0 Å². The average Bonchev–Trinajstić information content (AvgIpc) is 2.46. The smallest absolute Gasteiger partial charge is 0.333 e. The number of hydrogen-bond donors (Lipinski definition) is 1. The molecule has 8 heteroatoms. The molecule has 0 saturated heterocycles. The minimum absolute atomic E-state index is 0.0146. The van der Waals surface area contributed by atoms with Crippen LogP contribution in [-0.2, 0) is 28.2 Å². The van der Waals surface area contributed by atoms with Crippen LogP contribution in [-0.4, -0.2) is 43.2 Å². The van der Waals surface area contributed by atoms with Crippen molar-refractivity contribution in [3.63, 3.8) is 0 Å².